The molecule has 0 spiro atoms. The van der Waals surface area contributed by atoms with Crippen LogP contribution in [0.5, 0.6) is 0 Å². The zero-order valence-electron chi connectivity index (χ0n) is 10.8. The Bertz CT molecular complexity index is 646. The van der Waals surface area contributed by atoms with E-state index in [2.05, 4.69) is 6.58 Å². The van der Waals surface area contributed by atoms with Crippen LogP contribution >= 0.6 is 0 Å². The molecule has 0 bridgehead atoms. The molecule has 1 heterocycles. The molecule has 1 amide bonds. The van der Waals surface area contributed by atoms with Gasteiger partial charge < -0.3 is 0 Å². The highest BCUT2D eigenvalue weighted by molar-refractivity contribution is 6.11. The molecule has 2 aromatic carbocycles. The summed E-state index contributed by atoms with van der Waals surface area (Å²) in [7, 11) is 0. The minimum Gasteiger partial charge on any atom is -0.297 e. The molecule has 1 atom stereocenters. The first-order valence-electron chi connectivity index (χ1n) is 6.34. The number of amides is 1. The number of nitrogens with zero attached hydrogens (tertiary/aromatic N) is 1. The second-order valence-corrected chi connectivity index (χ2v) is 4.73. The number of anilines is 1. The highest BCUT2D eigenvalue weighted by Gasteiger charge is 2.36. The SMILES string of the molecule is C=CC1c2c(C)cccc2C(=O)N1c1ccccc1. The molecule has 0 saturated heterocycles. The molecule has 0 aromatic heterocycles. The van der Waals surface area contributed by atoms with Crippen LogP contribution in [-0.4, -0.2) is 5.91 Å². The maximum absolute atomic E-state index is 12.6. The van der Waals surface area contributed by atoms with Crippen molar-refractivity contribution in [1.82, 2.24) is 0 Å². The highest BCUT2D eigenvalue weighted by Crippen LogP contribution is 2.39. The van der Waals surface area contributed by atoms with Crippen LogP contribution in [0.4, 0.5) is 5.69 Å². The minimum atomic E-state index is -0.0777. The first kappa shape index (κ1) is 11.7. The molecule has 2 aromatic rings. The second kappa shape index (κ2) is 4.39. The molecule has 1 aliphatic rings. The Morgan fingerprint density at radius 2 is 1.84 bits per heavy atom. The summed E-state index contributed by atoms with van der Waals surface area (Å²) in [6.45, 7) is 5.94. The molecule has 3 rings (SSSR count). The second-order valence-electron chi connectivity index (χ2n) is 4.73. The van der Waals surface area contributed by atoms with Crippen molar-refractivity contribution in [2.24, 2.45) is 0 Å². The molecular weight excluding hydrogens is 234 g/mol. The zero-order valence-corrected chi connectivity index (χ0v) is 10.8. The van der Waals surface area contributed by atoms with Crippen LogP contribution in [-0.2, 0) is 0 Å². The standard InChI is InChI=1S/C17H15NO/c1-3-15-16-12(2)8-7-11-14(16)17(19)18(15)13-9-5-4-6-10-13/h3-11,15H,1H2,2H3. The molecule has 0 fully saturated rings. The van der Waals surface area contributed by atoms with Gasteiger partial charge in [-0.1, -0.05) is 36.4 Å². The third-order valence-electron chi connectivity index (χ3n) is 3.60. The van der Waals surface area contributed by atoms with Crippen molar-refractivity contribution < 1.29 is 4.79 Å². The van der Waals surface area contributed by atoms with Crippen molar-refractivity contribution in [1.29, 1.82) is 0 Å². The predicted octanol–water partition coefficient (Wildman–Crippen LogP) is 3.88. The first-order valence-corrected chi connectivity index (χ1v) is 6.34. The summed E-state index contributed by atoms with van der Waals surface area (Å²) in [5.74, 6) is 0.0507. The van der Waals surface area contributed by atoms with Gasteiger partial charge in [0.25, 0.3) is 5.91 Å². The molecule has 2 heteroatoms. The molecule has 0 radical (unpaired) electrons. The topological polar surface area (TPSA) is 20.3 Å². The van der Waals surface area contributed by atoms with Gasteiger partial charge in [-0.05, 0) is 36.2 Å². The largest absolute Gasteiger partial charge is 0.297 e. The Balaban J connectivity index is 2.18. The quantitative estimate of drug-likeness (QED) is 0.739. The highest BCUT2D eigenvalue weighted by atomic mass is 16.2. The summed E-state index contributed by atoms with van der Waals surface area (Å²) in [5.41, 5.74) is 3.90. The van der Waals surface area contributed by atoms with E-state index in [1.165, 1.54) is 0 Å². The number of benzene rings is 2. The number of fused-ring (bicyclic) bond motifs is 1. The van der Waals surface area contributed by atoms with Crippen LogP contribution in [0.25, 0.3) is 0 Å². The molecule has 2 nitrogen and oxygen atoms in total. The van der Waals surface area contributed by atoms with Gasteiger partial charge in [0.05, 0.1) is 6.04 Å². The lowest BCUT2D eigenvalue weighted by molar-refractivity contribution is 0.0994. The zero-order chi connectivity index (χ0) is 13.4. The lowest BCUT2D eigenvalue weighted by Crippen LogP contribution is -2.26. The Hall–Kier alpha value is -2.35. The van der Waals surface area contributed by atoms with Gasteiger partial charge in [-0.25, -0.2) is 0 Å². The van der Waals surface area contributed by atoms with E-state index in [9.17, 15) is 4.79 Å². The van der Waals surface area contributed by atoms with Gasteiger partial charge >= 0.3 is 0 Å². The van der Waals surface area contributed by atoms with Gasteiger partial charge in [0.2, 0.25) is 0 Å². The fourth-order valence-corrected chi connectivity index (χ4v) is 2.73. The Morgan fingerprint density at radius 3 is 2.53 bits per heavy atom. The van der Waals surface area contributed by atoms with Crippen molar-refractivity contribution >= 4 is 11.6 Å². The Kier molecular flexibility index (Phi) is 2.71. The van der Waals surface area contributed by atoms with Crippen LogP contribution in [0, 0.1) is 6.92 Å². The number of hydrogen-bond donors (Lipinski definition) is 0. The van der Waals surface area contributed by atoms with Gasteiger partial charge in [0, 0.05) is 11.3 Å². The van der Waals surface area contributed by atoms with Crippen molar-refractivity contribution in [3.05, 3.63) is 77.9 Å². The van der Waals surface area contributed by atoms with Crippen LogP contribution in [0.3, 0.4) is 0 Å². The minimum absolute atomic E-state index is 0.0507. The van der Waals surface area contributed by atoms with Crippen molar-refractivity contribution in [2.45, 2.75) is 13.0 Å². The van der Waals surface area contributed by atoms with Gasteiger partial charge in [-0.3, -0.25) is 9.69 Å². The van der Waals surface area contributed by atoms with Crippen LogP contribution < -0.4 is 4.90 Å². The predicted molar refractivity (Wildman–Crippen MR) is 77.4 cm³/mol. The smallest absolute Gasteiger partial charge is 0.259 e. The maximum Gasteiger partial charge on any atom is 0.259 e. The van der Waals surface area contributed by atoms with Crippen molar-refractivity contribution in [3.63, 3.8) is 0 Å². The normalized spacial score (nSPS) is 17.4. The molecule has 1 unspecified atom stereocenters. The summed E-state index contributed by atoms with van der Waals surface area (Å²) >= 11 is 0. The van der Waals surface area contributed by atoms with E-state index in [1.54, 1.807) is 0 Å². The average molecular weight is 249 g/mol. The van der Waals surface area contributed by atoms with Crippen LogP contribution in [0.15, 0.2) is 61.2 Å². The lowest BCUT2D eigenvalue weighted by Gasteiger charge is -2.23. The molecule has 1 aliphatic heterocycles. The summed E-state index contributed by atoms with van der Waals surface area (Å²) in [6, 6.07) is 15.5. The molecule has 19 heavy (non-hydrogen) atoms. The monoisotopic (exact) mass is 249 g/mol. The van der Waals surface area contributed by atoms with Gasteiger partial charge in [0.1, 0.15) is 0 Å². The molecule has 0 aliphatic carbocycles. The van der Waals surface area contributed by atoms with E-state index < -0.39 is 0 Å². The van der Waals surface area contributed by atoms with E-state index in [0.717, 1.165) is 22.4 Å². The average Bonchev–Trinajstić information content (AvgIpc) is 2.74. The summed E-state index contributed by atoms with van der Waals surface area (Å²) in [4.78, 5) is 14.4. The van der Waals surface area contributed by atoms with E-state index in [0.29, 0.717) is 0 Å². The third kappa shape index (κ3) is 1.68. The number of para-hydroxylation sites is 1. The van der Waals surface area contributed by atoms with Crippen molar-refractivity contribution in [2.75, 3.05) is 4.90 Å². The number of aryl methyl sites for hydroxylation is 1. The summed E-state index contributed by atoms with van der Waals surface area (Å²) in [6.07, 6.45) is 1.84. The summed E-state index contributed by atoms with van der Waals surface area (Å²) in [5, 5.41) is 0. The third-order valence-corrected chi connectivity index (χ3v) is 3.60. The number of carbonyl (C=O) groups is 1. The molecule has 94 valence electrons. The number of hydrogen-bond acceptors (Lipinski definition) is 1. The molecule has 0 saturated carbocycles. The van der Waals surface area contributed by atoms with E-state index in [1.807, 2.05) is 66.4 Å². The maximum atomic E-state index is 12.6. The Morgan fingerprint density at radius 1 is 1.11 bits per heavy atom. The lowest BCUT2D eigenvalue weighted by atomic mass is 9.99. The number of rotatable bonds is 2. The van der Waals surface area contributed by atoms with E-state index in [4.69, 9.17) is 0 Å². The van der Waals surface area contributed by atoms with E-state index >= 15 is 0 Å². The summed E-state index contributed by atoms with van der Waals surface area (Å²) < 4.78 is 0. The fourth-order valence-electron chi connectivity index (χ4n) is 2.73. The number of carbonyl (C=O) groups excluding carboxylic acids is 1. The van der Waals surface area contributed by atoms with Crippen LogP contribution in [0.2, 0.25) is 0 Å². The first-order chi connectivity index (χ1) is 9.24. The Labute approximate surface area is 113 Å². The molecular formula is C17H15NO. The van der Waals surface area contributed by atoms with E-state index in [-0.39, 0.29) is 11.9 Å². The van der Waals surface area contributed by atoms with Gasteiger partial charge in [-0.2, -0.15) is 0 Å². The van der Waals surface area contributed by atoms with Gasteiger partial charge in [-0.15, -0.1) is 6.58 Å². The molecule has 0 N–H and O–H groups in total. The van der Waals surface area contributed by atoms with Crippen molar-refractivity contribution in [3.8, 4) is 0 Å². The van der Waals surface area contributed by atoms with Gasteiger partial charge in [0.15, 0.2) is 0 Å². The fraction of sp³-hybridized carbons (Fsp3) is 0.118. The van der Waals surface area contributed by atoms with Crippen LogP contribution in [0.1, 0.15) is 27.5 Å².